The van der Waals surface area contributed by atoms with Crippen LogP contribution in [-0.4, -0.2) is 27.4 Å². The first-order valence-corrected chi connectivity index (χ1v) is 10.5. The van der Waals surface area contributed by atoms with Gasteiger partial charge in [-0.15, -0.1) is 0 Å². The van der Waals surface area contributed by atoms with Crippen LogP contribution >= 0.6 is 0 Å². The molecular formula is C24H28N2O4. The van der Waals surface area contributed by atoms with Gasteiger partial charge in [0.15, 0.2) is 5.76 Å². The average molecular weight is 408 g/mol. The van der Waals surface area contributed by atoms with Gasteiger partial charge in [0.1, 0.15) is 5.76 Å². The van der Waals surface area contributed by atoms with Crippen molar-refractivity contribution >= 4 is 16.8 Å². The van der Waals surface area contributed by atoms with Crippen LogP contribution in [0.15, 0.2) is 39.5 Å². The van der Waals surface area contributed by atoms with Gasteiger partial charge < -0.3 is 19.4 Å². The number of para-hydroxylation sites is 1. The maximum absolute atomic E-state index is 13.2. The smallest absolute Gasteiger partial charge is 0.227 e. The number of aromatic nitrogens is 1. The molecule has 30 heavy (non-hydrogen) atoms. The Kier molecular flexibility index (Phi) is 5.41. The van der Waals surface area contributed by atoms with Gasteiger partial charge in [-0.25, -0.2) is 0 Å². The van der Waals surface area contributed by atoms with E-state index in [0.717, 1.165) is 17.6 Å². The number of nitrogens with one attached hydrogen (secondary N) is 1. The number of fused-ring (bicyclic) bond motifs is 3. The lowest BCUT2D eigenvalue weighted by Crippen LogP contribution is -2.36. The van der Waals surface area contributed by atoms with Gasteiger partial charge in [-0.05, 0) is 37.3 Å². The van der Waals surface area contributed by atoms with E-state index >= 15 is 0 Å². The highest BCUT2D eigenvalue weighted by atomic mass is 16.4. The van der Waals surface area contributed by atoms with E-state index in [1.807, 2.05) is 17.0 Å². The van der Waals surface area contributed by atoms with Gasteiger partial charge in [-0.2, -0.15) is 0 Å². The van der Waals surface area contributed by atoms with Crippen molar-refractivity contribution in [3.63, 3.8) is 0 Å². The van der Waals surface area contributed by atoms with Crippen LogP contribution in [0, 0.1) is 12.8 Å². The molecule has 0 saturated carbocycles. The van der Waals surface area contributed by atoms with Gasteiger partial charge in [0.05, 0.1) is 6.54 Å². The van der Waals surface area contributed by atoms with Crippen molar-refractivity contribution in [2.45, 2.75) is 52.5 Å². The van der Waals surface area contributed by atoms with Gasteiger partial charge in [0.25, 0.3) is 0 Å². The first-order valence-electron chi connectivity index (χ1n) is 10.5. The number of benzene rings is 1. The highest BCUT2D eigenvalue weighted by Gasteiger charge is 2.29. The summed E-state index contributed by atoms with van der Waals surface area (Å²) in [4.78, 5) is 30.5. The molecule has 0 aliphatic carbocycles. The quantitative estimate of drug-likeness (QED) is 0.661. The zero-order valence-electron chi connectivity index (χ0n) is 17.7. The van der Waals surface area contributed by atoms with Gasteiger partial charge in [0.2, 0.25) is 17.1 Å². The number of H-pyrrole nitrogens is 1. The molecule has 0 fully saturated rings. The molecule has 0 bridgehead atoms. The first-order chi connectivity index (χ1) is 14.3. The number of hydrogen-bond acceptors (Lipinski definition) is 4. The van der Waals surface area contributed by atoms with Crippen LogP contribution in [-0.2, 0) is 17.8 Å². The fourth-order valence-electron chi connectivity index (χ4n) is 4.50. The standard InChI is InChI=1S/C24H28N2O4/c1-14(2)10-16(24-23(29)21(27)11-15(3)30-24)12-22(28)26-9-8-18-17-6-4-5-7-19(17)25-20(18)13-26/h4-7,11,14,16,25,29H,8-10,12-13H2,1-3H3/t16-/m0/s1. The number of aryl methyl sites for hydroxylation is 1. The van der Waals surface area contributed by atoms with Gasteiger partial charge in [-0.1, -0.05) is 32.0 Å². The monoisotopic (exact) mass is 408 g/mol. The number of nitrogens with zero attached hydrogens (tertiary/aromatic N) is 1. The Morgan fingerprint density at radius 3 is 2.83 bits per heavy atom. The fraction of sp³-hybridized carbons (Fsp3) is 0.417. The maximum atomic E-state index is 13.2. The molecule has 2 N–H and O–H groups in total. The molecule has 6 heteroatoms. The number of aromatic amines is 1. The number of rotatable bonds is 5. The lowest BCUT2D eigenvalue weighted by molar-refractivity contribution is -0.132. The topological polar surface area (TPSA) is 86.5 Å². The molecule has 3 aromatic rings. The molecule has 0 saturated heterocycles. The minimum absolute atomic E-state index is 0.00788. The van der Waals surface area contributed by atoms with Crippen molar-refractivity contribution in [3.8, 4) is 5.75 Å². The molecule has 6 nitrogen and oxygen atoms in total. The molecule has 1 aromatic carbocycles. The summed E-state index contributed by atoms with van der Waals surface area (Å²) >= 11 is 0. The summed E-state index contributed by atoms with van der Waals surface area (Å²) in [6, 6.07) is 9.48. The Hall–Kier alpha value is -3.02. The Balaban J connectivity index is 1.57. The minimum atomic E-state index is -0.462. The van der Waals surface area contributed by atoms with E-state index in [-0.39, 0.29) is 35.7 Å². The van der Waals surface area contributed by atoms with Crippen LogP contribution < -0.4 is 5.43 Å². The van der Waals surface area contributed by atoms with Crippen LogP contribution in [0.1, 0.15) is 55.4 Å². The molecule has 1 aliphatic heterocycles. The lowest BCUT2D eigenvalue weighted by Gasteiger charge is -2.29. The lowest BCUT2D eigenvalue weighted by atomic mass is 9.90. The van der Waals surface area contributed by atoms with Crippen molar-refractivity contribution < 1.29 is 14.3 Å². The SMILES string of the molecule is Cc1cc(=O)c(O)c([C@H](CC(=O)N2CCc3c([nH]c4ccccc34)C2)CC(C)C)o1. The Morgan fingerprint density at radius 2 is 2.07 bits per heavy atom. The van der Waals surface area contributed by atoms with Crippen LogP contribution in [0.4, 0.5) is 0 Å². The van der Waals surface area contributed by atoms with Crippen LogP contribution in [0.3, 0.4) is 0 Å². The van der Waals surface area contributed by atoms with Crippen molar-refractivity contribution in [2.24, 2.45) is 5.92 Å². The molecule has 158 valence electrons. The Labute approximate surface area is 175 Å². The van der Waals surface area contributed by atoms with E-state index in [9.17, 15) is 14.7 Å². The zero-order chi connectivity index (χ0) is 21.4. The van der Waals surface area contributed by atoms with Crippen LogP contribution in [0.25, 0.3) is 10.9 Å². The Morgan fingerprint density at radius 1 is 1.30 bits per heavy atom. The summed E-state index contributed by atoms with van der Waals surface area (Å²) < 4.78 is 5.71. The third-order valence-corrected chi connectivity index (χ3v) is 5.86. The second kappa shape index (κ2) is 8.01. The third-order valence-electron chi connectivity index (χ3n) is 5.86. The second-order valence-corrected chi connectivity index (χ2v) is 8.66. The zero-order valence-corrected chi connectivity index (χ0v) is 17.7. The summed E-state index contributed by atoms with van der Waals surface area (Å²) in [6.07, 6.45) is 1.66. The van der Waals surface area contributed by atoms with Gasteiger partial charge in [0, 0.05) is 41.5 Å². The predicted molar refractivity (Wildman–Crippen MR) is 116 cm³/mol. The van der Waals surface area contributed by atoms with Crippen LogP contribution in [0.2, 0.25) is 0 Å². The predicted octanol–water partition coefficient (Wildman–Crippen LogP) is 4.24. The highest BCUT2D eigenvalue weighted by Crippen LogP contribution is 2.34. The molecule has 1 atom stereocenters. The minimum Gasteiger partial charge on any atom is -0.502 e. The van der Waals surface area contributed by atoms with Crippen LogP contribution in [0.5, 0.6) is 5.75 Å². The number of amides is 1. The van der Waals surface area contributed by atoms with E-state index in [2.05, 4.69) is 31.0 Å². The molecule has 3 heterocycles. The van der Waals surface area contributed by atoms with Gasteiger partial charge >= 0.3 is 0 Å². The molecule has 1 aliphatic rings. The molecule has 2 aromatic heterocycles. The van der Waals surface area contributed by atoms with E-state index < -0.39 is 5.43 Å². The normalized spacial score (nSPS) is 14.9. The van der Waals surface area contributed by atoms with E-state index in [1.165, 1.54) is 17.0 Å². The number of carbonyl (C=O) groups excluding carboxylic acids is 1. The molecule has 1 amide bonds. The fourth-order valence-corrected chi connectivity index (χ4v) is 4.50. The maximum Gasteiger partial charge on any atom is 0.227 e. The molecular weight excluding hydrogens is 380 g/mol. The molecule has 0 spiro atoms. The van der Waals surface area contributed by atoms with Crippen molar-refractivity contribution in [1.29, 1.82) is 0 Å². The number of carbonyl (C=O) groups is 1. The summed E-state index contributed by atoms with van der Waals surface area (Å²) in [5.74, 6) is 0.244. The third kappa shape index (κ3) is 3.86. The largest absolute Gasteiger partial charge is 0.502 e. The summed E-state index contributed by atoms with van der Waals surface area (Å²) in [7, 11) is 0. The second-order valence-electron chi connectivity index (χ2n) is 8.66. The van der Waals surface area contributed by atoms with E-state index in [4.69, 9.17) is 4.42 Å². The van der Waals surface area contributed by atoms with Crippen molar-refractivity contribution in [2.75, 3.05) is 6.54 Å². The summed E-state index contributed by atoms with van der Waals surface area (Å²) in [5.41, 5.74) is 3.01. The Bertz CT molecular complexity index is 1140. The highest BCUT2D eigenvalue weighted by molar-refractivity contribution is 5.85. The molecule has 4 rings (SSSR count). The molecule has 0 radical (unpaired) electrons. The number of hydrogen-bond donors (Lipinski definition) is 2. The molecule has 0 unspecified atom stereocenters. The van der Waals surface area contributed by atoms with Crippen molar-refractivity contribution in [3.05, 3.63) is 63.3 Å². The van der Waals surface area contributed by atoms with Crippen molar-refractivity contribution in [1.82, 2.24) is 9.88 Å². The average Bonchev–Trinajstić information content (AvgIpc) is 3.07. The first kappa shape index (κ1) is 20.3. The number of aromatic hydroxyl groups is 1. The van der Waals surface area contributed by atoms with Gasteiger partial charge in [-0.3, -0.25) is 9.59 Å². The van der Waals surface area contributed by atoms with E-state index in [0.29, 0.717) is 25.3 Å². The van der Waals surface area contributed by atoms with E-state index in [1.54, 1.807) is 6.92 Å². The summed E-state index contributed by atoms with van der Waals surface area (Å²) in [5, 5.41) is 11.5. The summed E-state index contributed by atoms with van der Waals surface area (Å²) in [6.45, 7) is 6.99.